The van der Waals surface area contributed by atoms with Gasteiger partial charge < -0.3 is 9.84 Å². The molecule has 0 spiro atoms. The van der Waals surface area contributed by atoms with Gasteiger partial charge in [-0.3, -0.25) is 0 Å². The van der Waals surface area contributed by atoms with Crippen molar-refractivity contribution in [3.05, 3.63) is 35.9 Å². The number of carbonyl (C=O) groups is 1. The third-order valence-corrected chi connectivity index (χ3v) is 3.61. The molecule has 3 nitrogen and oxygen atoms in total. The monoisotopic (exact) mass is 292 g/mol. The Balaban J connectivity index is 2.13. The quantitative estimate of drug-likeness (QED) is 0.553. The Labute approximate surface area is 128 Å². The molecule has 0 aromatic heterocycles. The second-order valence-electron chi connectivity index (χ2n) is 5.47. The van der Waals surface area contributed by atoms with Crippen molar-refractivity contribution < 1.29 is 14.6 Å². The molecule has 0 aliphatic rings. The molecule has 0 fully saturated rings. The van der Waals surface area contributed by atoms with Crippen molar-refractivity contribution in [1.82, 2.24) is 0 Å². The second-order valence-corrected chi connectivity index (χ2v) is 5.47. The highest BCUT2D eigenvalue weighted by Gasteiger charge is 2.19. The van der Waals surface area contributed by atoms with Gasteiger partial charge in [0.15, 0.2) is 6.10 Å². The van der Waals surface area contributed by atoms with Crippen molar-refractivity contribution >= 4 is 5.97 Å². The van der Waals surface area contributed by atoms with E-state index in [1.807, 2.05) is 18.2 Å². The van der Waals surface area contributed by atoms with E-state index in [0.717, 1.165) is 12.8 Å². The summed E-state index contributed by atoms with van der Waals surface area (Å²) in [6, 6.07) is 9.15. The molecule has 1 rings (SSSR count). The molecule has 0 saturated carbocycles. The van der Waals surface area contributed by atoms with Gasteiger partial charge in [-0.25, -0.2) is 4.79 Å². The van der Waals surface area contributed by atoms with E-state index in [2.05, 4.69) is 6.92 Å². The molecule has 0 amide bonds. The van der Waals surface area contributed by atoms with Crippen molar-refractivity contribution in [2.24, 2.45) is 0 Å². The fourth-order valence-corrected chi connectivity index (χ4v) is 2.38. The van der Waals surface area contributed by atoms with Crippen molar-refractivity contribution in [3.63, 3.8) is 0 Å². The predicted octanol–water partition coefficient (Wildman–Crippen LogP) is 4.97. The van der Waals surface area contributed by atoms with E-state index in [9.17, 15) is 9.90 Å². The number of hydrogen-bond donors (Lipinski definition) is 1. The predicted molar refractivity (Wildman–Crippen MR) is 85.4 cm³/mol. The highest BCUT2D eigenvalue weighted by atomic mass is 16.5. The highest BCUT2D eigenvalue weighted by molar-refractivity contribution is 5.74. The van der Waals surface area contributed by atoms with Crippen LogP contribution < -0.4 is 0 Å². The molecule has 0 aliphatic heterocycles. The Kier molecular flexibility index (Phi) is 9.55. The summed E-state index contributed by atoms with van der Waals surface area (Å²) in [5.74, 6) is -0.916. The molecule has 1 aromatic carbocycles. The maximum absolute atomic E-state index is 11.2. The average Bonchev–Trinajstić information content (AvgIpc) is 2.50. The van der Waals surface area contributed by atoms with Crippen LogP contribution in [0.3, 0.4) is 0 Å². The summed E-state index contributed by atoms with van der Waals surface area (Å²) in [5.41, 5.74) is 0.713. The van der Waals surface area contributed by atoms with Crippen LogP contribution in [0.5, 0.6) is 0 Å². The average molecular weight is 292 g/mol. The van der Waals surface area contributed by atoms with Crippen LogP contribution in [0.1, 0.15) is 70.0 Å². The molecular weight excluding hydrogens is 264 g/mol. The van der Waals surface area contributed by atoms with Crippen LogP contribution in [0, 0.1) is 0 Å². The van der Waals surface area contributed by atoms with Crippen LogP contribution in [0.25, 0.3) is 0 Å². The minimum atomic E-state index is -0.916. The third kappa shape index (κ3) is 7.86. The van der Waals surface area contributed by atoms with E-state index < -0.39 is 12.1 Å². The van der Waals surface area contributed by atoms with Gasteiger partial charge in [-0.05, 0) is 12.0 Å². The lowest BCUT2D eigenvalue weighted by molar-refractivity contribution is -0.151. The number of rotatable bonds is 12. The van der Waals surface area contributed by atoms with Gasteiger partial charge in [0.2, 0.25) is 0 Å². The summed E-state index contributed by atoms with van der Waals surface area (Å²) >= 11 is 0. The van der Waals surface area contributed by atoms with Crippen LogP contribution in [0.2, 0.25) is 0 Å². The van der Waals surface area contributed by atoms with E-state index in [0.29, 0.717) is 12.2 Å². The number of benzene rings is 1. The van der Waals surface area contributed by atoms with Crippen molar-refractivity contribution in [3.8, 4) is 0 Å². The zero-order valence-corrected chi connectivity index (χ0v) is 13.1. The van der Waals surface area contributed by atoms with Crippen molar-refractivity contribution in [2.45, 2.75) is 64.4 Å². The first-order chi connectivity index (χ1) is 10.3. The first kappa shape index (κ1) is 17.7. The summed E-state index contributed by atoms with van der Waals surface area (Å²) in [6.45, 7) is 2.74. The molecule has 1 atom stereocenters. The largest absolute Gasteiger partial charge is 0.479 e. The molecule has 1 aromatic rings. The summed E-state index contributed by atoms with van der Waals surface area (Å²) in [4.78, 5) is 11.2. The standard InChI is InChI=1S/C18H28O3/c1-2-3-4-5-6-7-8-12-15-21-17(18(19)20)16-13-10-9-11-14-16/h9-11,13-14,17H,2-8,12,15H2,1H3,(H,19,20)/t17-/m1/s1. The van der Waals surface area contributed by atoms with Crippen LogP contribution in [-0.2, 0) is 9.53 Å². The summed E-state index contributed by atoms with van der Waals surface area (Å²) < 4.78 is 5.54. The first-order valence-electron chi connectivity index (χ1n) is 8.15. The minimum absolute atomic E-state index is 0.515. The van der Waals surface area contributed by atoms with E-state index in [1.165, 1.54) is 38.5 Å². The highest BCUT2D eigenvalue weighted by Crippen LogP contribution is 2.18. The second kappa shape index (κ2) is 11.3. The zero-order chi connectivity index (χ0) is 15.3. The number of carboxylic acids is 1. The number of ether oxygens (including phenoxy) is 1. The minimum Gasteiger partial charge on any atom is -0.479 e. The smallest absolute Gasteiger partial charge is 0.337 e. The molecule has 21 heavy (non-hydrogen) atoms. The lowest BCUT2D eigenvalue weighted by atomic mass is 10.1. The molecule has 3 heteroatoms. The van der Waals surface area contributed by atoms with Gasteiger partial charge in [0.25, 0.3) is 0 Å². The van der Waals surface area contributed by atoms with Crippen molar-refractivity contribution in [1.29, 1.82) is 0 Å². The lowest BCUT2D eigenvalue weighted by Gasteiger charge is -2.13. The van der Waals surface area contributed by atoms with Crippen molar-refractivity contribution in [2.75, 3.05) is 6.61 Å². The van der Waals surface area contributed by atoms with E-state index in [4.69, 9.17) is 4.74 Å². The summed E-state index contributed by atoms with van der Waals surface area (Å²) in [7, 11) is 0. The molecule has 0 unspecified atom stereocenters. The molecule has 0 bridgehead atoms. The van der Waals surface area contributed by atoms with Crippen LogP contribution in [-0.4, -0.2) is 17.7 Å². The zero-order valence-electron chi connectivity index (χ0n) is 13.1. The fourth-order valence-electron chi connectivity index (χ4n) is 2.38. The Morgan fingerprint density at radius 3 is 2.14 bits per heavy atom. The van der Waals surface area contributed by atoms with E-state index in [1.54, 1.807) is 12.1 Å². The topological polar surface area (TPSA) is 46.5 Å². The molecule has 0 radical (unpaired) electrons. The van der Waals surface area contributed by atoms with Crippen LogP contribution >= 0.6 is 0 Å². The Hall–Kier alpha value is -1.35. The van der Waals surface area contributed by atoms with E-state index in [-0.39, 0.29) is 0 Å². The number of unbranched alkanes of at least 4 members (excludes halogenated alkanes) is 7. The molecular formula is C18H28O3. The van der Waals surface area contributed by atoms with Gasteiger partial charge in [0, 0.05) is 6.61 Å². The molecule has 1 N–H and O–H groups in total. The number of aliphatic carboxylic acids is 1. The van der Waals surface area contributed by atoms with Gasteiger partial charge in [-0.15, -0.1) is 0 Å². The van der Waals surface area contributed by atoms with Gasteiger partial charge in [-0.1, -0.05) is 82.2 Å². The first-order valence-corrected chi connectivity index (χ1v) is 8.15. The number of hydrogen-bond acceptors (Lipinski definition) is 2. The Morgan fingerprint density at radius 1 is 1.00 bits per heavy atom. The molecule has 0 saturated heterocycles. The normalized spacial score (nSPS) is 12.2. The maximum Gasteiger partial charge on any atom is 0.337 e. The lowest BCUT2D eigenvalue weighted by Crippen LogP contribution is -2.16. The summed E-state index contributed by atoms with van der Waals surface area (Å²) in [6.07, 6.45) is 8.98. The van der Waals surface area contributed by atoms with Gasteiger partial charge >= 0.3 is 5.97 Å². The number of carboxylic acid groups (broad SMARTS) is 1. The molecule has 0 heterocycles. The van der Waals surface area contributed by atoms with Gasteiger partial charge in [0.05, 0.1) is 0 Å². The molecule has 118 valence electrons. The fraction of sp³-hybridized carbons (Fsp3) is 0.611. The van der Waals surface area contributed by atoms with Gasteiger partial charge in [0.1, 0.15) is 0 Å². The van der Waals surface area contributed by atoms with Crippen LogP contribution in [0.15, 0.2) is 30.3 Å². The third-order valence-electron chi connectivity index (χ3n) is 3.61. The SMILES string of the molecule is CCCCCCCCCCO[C@@H](C(=O)O)c1ccccc1. The van der Waals surface area contributed by atoms with Gasteiger partial charge in [-0.2, -0.15) is 0 Å². The molecule has 0 aliphatic carbocycles. The van der Waals surface area contributed by atoms with E-state index >= 15 is 0 Å². The summed E-state index contributed by atoms with van der Waals surface area (Å²) in [5, 5.41) is 9.22. The Morgan fingerprint density at radius 2 is 1.57 bits per heavy atom. The Bertz CT molecular complexity index is 375. The maximum atomic E-state index is 11.2. The van der Waals surface area contributed by atoms with Crippen LogP contribution in [0.4, 0.5) is 0 Å².